The van der Waals surface area contributed by atoms with E-state index in [1.165, 1.54) is 0 Å². The Labute approximate surface area is 128 Å². The molecule has 2 aromatic rings. The molecule has 3 nitrogen and oxygen atoms in total. The van der Waals surface area contributed by atoms with Gasteiger partial charge in [0.25, 0.3) is 0 Å². The number of methoxy groups -OCH3 is 1. The molecule has 0 aliphatic carbocycles. The zero-order valence-electron chi connectivity index (χ0n) is 12.5. The number of nitrogens with one attached hydrogen (secondary N) is 1. The Balaban J connectivity index is 2.41. The molecule has 0 aliphatic rings. The van der Waals surface area contributed by atoms with Crippen molar-refractivity contribution in [3.63, 3.8) is 0 Å². The minimum atomic E-state index is 0.236. The van der Waals surface area contributed by atoms with Crippen molar-refractivity contribution < 1.29 is 9.15 Å². The third kappa shape index (κ3) is 3.18. The van der Waals surface area contributed by atoms with Crippen LogP contribution >= 0.6 is 15.9 Å². The van der Waals surface area contributed by atoms with E-state index in [-0.39, 0.29) is 6.04 Å². The molecule has 20 heavy (non-hydrogen) atoms. The Hall–Kier alpha value is -1.00. The first-order valence-corrected chi connectivity index (χ1v) is 7.86. The maximum atomic E-state index is 6.05. The number of furan rings is 1. The van der Waals surface area contributed by atoms with Crippen molar-refractivity contribution in [3.05, 3.63) is 28.4 Å². The molecule has 4 heteroatoms. The average molecular weight is 340 g/mol. The first-order valence-electron chi connectivity index (χ1n) is 7.07. The van der Waals surface area contributed by atoms with Crippen LogP contribution in [0, 0.1) is 5.92 Å². The van der Waals surface area contributed by atoms with Crippen LogP contribution in [0.4, 0.5) is 0 Å². The van der Waals surface area contributed by atoms with Crippen LogP contribution in [0.3, 0.4) is 0 Å². The quantitative estimate of drug-likeness (QED) is 0.812. The molecule has 1 unspecified atom stereocenters. The summed E-state index contributed by atoms with van der Waals surface area (Å²) in [5, 5.41) is 4.62. The highest BCUT2D eigenvalue weighted by Gasteiger charge is 2.20. The largest absolute Gasteiger partial charge is 0.497 e. The first-order chi connectivity index (χ1) is 9.56. The Kier molecular flexibility index (Phi) is 5.11. The Morgan fingerprint density at radius 1 is 1.30 bits per heavy atom. The van der Waals surface area contributed by atoms with E-state index in [4.69, 9.17) is 9.15 Å². The fourth-order valence-corrected chi connectivity index (χ4v) is 2.88. The van der Waals surface area contributed by atoms with Gasteiger partial charge in [0.15, 0.2) is 0 Å². The van der Waals surface area contributed by atoms with Crippen molar-refractivity contribution >= 4 is 26.9 Å². The van der Waals surface area contributed by atoms with Gasteiger partial charge >= 0.3 is 0 Å². The summed E-state index contributed by atoms with van der Waals surface area (Å²) in [6, 6.07) is 6.28. The summed E-state index contributed by atoms with van der Waals surface area (Å²) in [6.45, 7) is 7.57. The van der Waals surface area contributed by atoms with Crippen LogP contribution in [0.1, 0.15) is 39.0 Å². The van der Waals surface area contributed by atoms with E-state index in [2.05, 4.69) is 48.1 Å². The van der Waals surface area contributed by atoms with Gasteiger partial charge in [-0.1, -0.05) is 20.8 Å². The van der Waals surface area contributed by atoms with Crippen molar-refractivity contribution in [3.8, 4) is 5.75 Å². The van der Waals surface area contributed by atoms with Crippen LogP contribution in [0.2, 0.25) is 0 Å². The smallest absolute Gasteiger partial charge is 0.148 e. The lowest BCUT2D eigenvalue weighted by atomic mass is 10.0. The van der Waals surface area contributed by atoms with Crippen molar-refractivity contribution in [1.29, 1.82) is 0 Å². The molecule has 1 atom stereocenters. The van der Waals surface area contributed by atoms with E-state index < -0.39 is 0 Å². The average Bonchev–Trinajstić information content (AvgIpc) is 2.82. The fourth-order valence-electron chi connectivity index (χ4n) is 2.34. The molecule has 0 saturated carbocycles. The number of halogens is 1. The molecule has 0 bridgehead atoms. The van der Waals surface area contributed by atoms with Gasteiger partial charge in [0.2, 0.25) is 0 Å². The minimum absolute atomic E-state index is 0.236. The highest BCUT2D eigenvalue weighted by Crippen LogP contribution is 2.35. The van der Waals surface area contributed by atoms with E-state index in [0.29, 0.717) is 5.92 Å². The molecule has 1 aromatic carbocycles. The van der Waals surface area contributed by atoms with E-state index in [1.54, 1.807) is 7.11 Å². The second-order valence-electron chi connectivity index (χ2n) is 5.35. The lowest BCUT2D eigenvalue weighted by Gasteiger charge is -2.19. The van der Waals surface area contributed by atoms with Gasteiger partial charge in [-0.25, -0.2) is 0 Å². The zero-order valence-corrected chi connectivity index (χ0v) is 14.1. The normalized spacial score (nSPS) is 13.1. The second-order valence-corrected chi connectivity index (χ2v) is 6.21. The van der Waals surface area contributed by atoms with Crippen LogP contribution in [-0.2, 0) is 0 Å². The second kappa shape index (κ2) is 6.64. The number of ether oxygens (including phenoxy) is 1. The van der Waals surface area contributed by atoms with Crippen LogP contribution in [0.5, 0.6) is 5.75 Å². The molecular formula is C16H22BrNO2. The first kappa shape index (κ1) is 15.4. The molecule has 0 saturated heterocycles. The van der Waals surface area contributed by atoms with Crippen molar-refractivity contribution in [1.82, 2.24) is 5.32 Å². The van der Waals surface area contributed by atoms with Crippen LogP contribution in [0.25, 0.3) is 11.0 Å². The Morgan fingerprint density at radius 2 is 2.05 bits per heavy atom. The van der Waals surface area contributed by atoms with Crippen LogP contribution < -0.4 is 10.1 Å². The van der Waals surface area contributed by atoms with Gasteiger partial charge < -0.3 is 14.5 Å². The molecule has 0 fully saturated rings. The highest BCUT2D eigenvalue weighted by atomic mass is 79.9. The monoisotopic (exact) mass is 339 g/mol. The standard InChI is InChI=1S/C16H22BrNO2/c1-5-6-18-15(10(2)3)14-8-11-7-12(19-4)9-13(17)16(11)20-14/h7-10,15,18H,5-6H2,1-4H3. The SMILES string of the molecule is CCCNC(c1cc2cc(OC)cc(Br)c2o1)C(C)C. The zero-order chi connectivity index (χ0) is 14.7. The van der Waals surface area contributed by atoms with Crippen LogP contribution in [-0.4, -0.2) is 13.7 Å². The third-order valence-corrected chi connectivity index (χ3v) is 3.98. The molecule has 0 spiro atoms. The van der Waals surface area contributed by atoms with Gasteiger partial charge in [0.1, 0.15) is 17.1 Å². The lowest BCUT2D eigenvalue weighted by molar-refractivity contribution is 0.351. The van der Waals surface area contributed by atoms with E-state index in [0.717, 1.165) is 39.9 Å². The minimum Gasteiger partial charge on any atom is -0.497 e. The van der Waals surface area contributed by atoms with Crippen LogP contribution in [0.15, 0.2) is 27.1 Å². The molecule has 0 radical (unpaired) electrons. The van der Waals surface area contributed by atoms with Gasteiger partial charge in [0, 0.05) is 5.39 Å². The molecule has 0 amide bonds. The number of rotatable bonds is 6. The van der Waals surface area contributed by atoms with Gasteiger partial charge in [-0.2, -0.15) is 0 Å². The molecule has 0 aliphatic heterocycles. The third-order valence-electron chi connectivity index (χ3n) is 3.39. The summed E-state index contributed by atoms with van der Waals surface area (Å²) < 4.78 is 12.3. The van der Waals surface area contributed by atoms with Crippen molar-refractivity contribution in [2.24, 2.45) is 5.92 Å². The molecule has 2 rings (SSSR count). The van der Waals surface area contributed by atoms with Gasteiger partial charge in [-0.3, -0.25) is 0 Å². The number of hydrogen-bond donors (Lipinski definition) is 1. The highest BCUT2D eigenvalue weighted by molar-refractivity contribution is 9.10. The fraction of sp³-hybridized carbons (Fsp3) is 0.500. The van der Waals surface area contributed by atoms with E-state index in [9.17, 15) is 0 Å². The van der Waals surface area contributed by atoms with Crippen molar-refractivity contribution in [2.75, 3.05) is 13.7 Å². The van der Waals surface area contributed by atoms with E-state index >= 15 is 0 Å². The predicted molar refractivity (Wildman–Crippen MR) is 86.3 cm³/mol. The Morgan fingerprint density at radius 3 is 2.65 bits per heavy atom. The number of hydrogen-bond acceptors (Lipinski definition) is 3. The summed E-state index contributed by atoms with van der Waals surface area (Å²) in [4.78, 5) is 0. The predicted octanol–water partition coefficient (Wildman–Crippen LogP) is 4.90. The summed E-state index contributed by atoms with van der Waals surface area (Å²) >= 11 is 3.55. The summed E-state index contributed by atoms with van der Waals surface area (Å²) in [5.74, 6) is 2.29. The van der Waals surface area contributed by atoms with Gasteiger partial charge in [-0.15, -0.1) is 0 Å². The van der Waals surface area contributed by atoms with E-state index in [1.807, 2.05) is 12.1 Å². The van der Waals surface area contributed by atoms with Crippen molar-refractivity contribution in [2.45, 2.75) is 33.2 Å². The summed E-state index contributed by atoms with van der Waals surface area (Å²) in [5.41, 5.74) is 0.879. The summed E-state index contributed by atoms with van der Waals surface area (Å²) in [6.07, 6.45) is 1.11. The molecule has 1 aromatic heterocycles. The number of benzene rings is 1. The summed E-state index contributed by atoms with van der Waals surface area (Å²) in [7, 11) is 1.67. The molecular weight excluding hydrogens is 318 g/mol. The number of fused-ring (bicyclic) bond motifs is 1. The van der Waals surface area contributed by atoms with Gasteiger partial charge in [0.05, 0.1) is 17.6 Å². The lowest BCUT2D eigenvalue weighted by Crippen LogP contribution is -2.25. The van der Waals surface area contributed by atoms with Gasteiger partial charge in [-0.05, 0) is 53.0 Å². The maximum absolute atomic E-state index is 6.05. The molecule has 1 heterocycles. The Bertz CT molecular complexity index is 577. The molecule has 110 valence electrons. The topological polar surface area (TPSA) is 34.4 Å². The molecule has 1 N–H and O–H groups in total. The maximum Gasteiger partial charge on any atom is 0.148 e.